The highest BCUT2D eigenvalue weighted by Gasteiger charge is 2.11. The average molecular weight is 259 g/mol. The van der Waals surface area contributed by atoms with Crippen LogP contribution in [0.15, 0.2) is 48.7 Å². The average Bonchev–Trinajstić information content (AvgIpc) is 2.45. The fourth-order valence-electron chi connectivity index (χ4n) is 1.96. The lowest BCUT2D eigenvalue weighted by Gasteiger charge is -2.24. The second-order valence-corrected chi connectivity index (χ2v) is 4.34. The summed E-state index contributed by atoms with van der Waals surface area (Å²) in [5.41, 5.74) is 7.07. The second kappa shape index (κ2) is 6.85. The third kappa shape index (κ3) is 3.76. The smallest absolute Gasteiger partial charge is 0.146 e. The van der Waals surface area contributed by atoms with Gasteiger partial charge in [-0.25, -0.2) is 4.39 Å². The number of para-hydroxylation sites is 1. The Hall–Kier alpha value is -1.94. The van der Waals surface area contributed by atoms with Crippen LogP contribution in [0.2, 0.25) is 0 Å². The van der Waals surface area contributed by atoms with Gasteiger partial charge < -0.3 is 10.6 Å². The number of benzene rings is 1. The second-order valence-electron chi connectivity index (χ2n) is 4.34. The minimum absolute atomic E-state index is 0.213. The van der Waals surface area contributed by atoms with Crippen molar-refractivity contribution in [2.45, 2.75) is 13.0 Å². The molecule has 0 aliphatic rings. The molecule has 0 radical (unpaired) electrons. The van der Waals surface area contributed by atoms with Gasteiger partial charge in [0.2, 0.25) is 0 Å². The molecule has 0 bridgehead atoms. The van der Waals surface area contributed by atoms with Crippen LogP contribution in [0.1, 0.15) is 12.1 Å². The van der Waals surface area contributed by atoms with Crippen molar-refractivity contribution in [3.05, 3.63) is 60.2 Å². The largest absolute Gasteiger partial charge is 0.363 e. The van der Waals surface area contributed by atoms with Crippen molar-refractivity contribution in [2.24, 2.45) is 5.73 Å². The van der Waals surface area contributed by atoms with Crippen molar-refractivity contribution < 1.29 is 4.39 Å². The number of rotatable bonds is 6. The maximum atomic E-state index is 13.9. The summed E-state index contributed by atoms with van der Waals surface area (Å²) < 4.78 is 13.9. The molecule has 0 amide bonds. The van der Waals surface area contributed by atoms with Gasteiger partial charge in [-0.05, 0) is 37.2 Å². The monoisotopic (exact) mass is 259 g/mol. The highest BCUT2D eigenvalue weighted by molar-refractivity contribution is 5.47. The first-order chi connectivity index (χ1) is 9.31. The molecule has 0 aliphatic carbocycles. The van der Waals surface area contributed by atoms with Crippen LogP contribution in [0.4, 0.5) is 10.1 Å². The highest BCUT2D eigenvalue weighted by Crippen LogP contribution is 2.20. The Bertz CT molecular complexity index is 502. The topological polar surface area (TPSA) is 42.1 Å². The summed E-state index contributed by atoms with van der Waals surface area (Å²) in [7, 11) is 0. The fraction of sp³-hybridized carbons (Fsp3) is 0.267. The molecule has 0 atom stereocenters. The van der Waals surface area contributed by atoms with Gasteiger partial charge in [0, 0.05) is 12.7 Å². The lowest BCUT2D eigenvalue weighted by Crippen LogP contribution is -2.26. The first-order valence-electron chi connectivity index (χ1n) is 6.40. The third-order valence-corrected chi connectivity index (χ3v) is 2.90. The van der Waals surface area contributed by atoms with E-state index in [2.05, 4.69) is 4.98 Å². The van der Waals surface area contributed by atoms with Crippen molar-refractivity contribution in [3.8, 4) is 0 Å². The molecule has 100 valence electrons. The van der Waals surface area contributed by atoms with Gasteiger partial charge in [-0.15, -0.1) is 0 Å². The standard InChI is InChI=1S/C15H18FN3/c16-14-7-1-2-8-15(14)19(11-5-9-17)12-13-6-3-4-10-18-13/h1-4,6-8,10H,5,9,11-12,17H2. The molecule has 1 heterocycles. The Morgan fingerprint density at radius 2 is 1.89 bits per heavy atom. The van der Waals surface area contributed by atoms with Crippen molar-refractivity contribution in [2.75, 3.05) is 18.0 Å². The molecule has 19 heavy (non-hydrogen) atoms. The maximum Gasteiger partial charge on any atom is 0.146 e. The van der Waals surface area contributed by atoms with Gasteiger partial charge in [0.1, 0.15) is 5.82 Å². The normalized spacial score (nSPS) is 10.4. The molecule has 1 aromatic heterocycles. The molecule has 3 nitrogen and oxygen atoms in total. The lowest BCUT2D eigenvalue weighted by atomic mass is 10.2. The van der Waals surface area contributed by atoms with Gasteiger partial charge in [0.05, 0.1) is 17.9 Å². The van der Waals surface area contributed by atoms with E-state index in [1.54, 1.807) is 18.3 Å². The zero-order chi connectivity index (χ0) is 13.5. The minimum Gasteiger partial charge on any atom is -0.363 e. The zero-order valence-electron chi connectivity index (χ0n) is 10.8. The molecule has 0 aliphatic heterocycles. The Morgan fingerprint density at radius 3 is 2.58 bits per heavy atom. The van der Waals surface area contributed by atoms with Gasteiger partial charge in [0.15, 0.2) is 0 Å². The van der Waals surface area contributed by atoms with E-state index < -0.39 is 0 Å². The summed E-state index contributed by atoms with van der Waals surface area (Å²) >= 11 is 0. The van der Waals surface area contributed by atoms with Gasteiger partial charge in [-0.3, -0.25) is 4.98 Å². The zero-order valence-corrected chi connectivity index (χ0v) is 10.8. The SMILES string of the molecule is NCCCN(Cc1ccccn1)c1ccccc1F. The van der Waals surface area contributed by atoms with Crippen LogP contribution < -0.4 is 10.6 Å². The molecule has 2 rings (SSSR count). The Labute approximate surface area is 112 Å². The first kappa shape index (κ1) is 13.5. The first-order valence-corrected chi connectivity index (χ1v) is 6.40. The van der Waals surface area contributed by atoms with E-state index in [0.717, 1.165) is 12.1 Å². The summed E-state index contributed by atoms with van der Waals surface area (Å²) in [6, 6.07) is 12.5. The molecule has 2 N–H and O–H groups in total. The van der Waals surface area contributed by atoms with E-state index in [1.807, 2.05) is 29.2 Å². The van der Waals surface area contributed by atoms with Crippen molar-refractivity contribution in [1.82, 2.24) is 4.98 Å². The quantitative estimate of drug-likeness (QED) is 0.867. The number of aromatic nitrogens is 1. The molecule has 0 spiro atoms. The minimum atomic E-state index is -0.213. The molecule has 0 fully saturated rings. The van der Waals surface area contributed by atoms with Crippen LogP contribution in [0.5, 0.6) is 0 Å². The number of hydrogen-bond acceptors (Lipinski definition) is 3. The predicted octanol–water partition coefficient (Wildman–Crippen LogP) is 2.58. The summed E-state index contributed by atoms with van der Waals surface area (Å²) in [6.07, 6.45) is 2.57. The van der Waals surface area contributed by atoms with Crippen LogP contribution in [0, 0.1) is 5.82 Å². The Kier molecular flexibility index (Phi) is 4.86. The van der Waals surface area contributed by atoms with E-state index in [4.69, 9.17) is 5.73 Å². The molecule has 0 saturated carbocycles. The summed E-state index contributed by atoms with van der Waals surface area (Å²) in [4.78, 5) is 6.26. The molecule has 1 aromatic carbocycles. The molecular weight excluding hydrogens is 241 g/mol. The van der Waals surface area contributed by atoms with E-state index >= 15 is 0 Å². The van der Waals surface area contributed by atoms with Crippen molar-refractivity contribution in [1.29, 1.82) is 0 Å². The molecule has 0 unspecified atom stereocenters. The fourth-order valence-corrected chi connectivity index (χ4v) is 1.96. The van der Waals surface area contributed by atoms with E-state index in [0.29, 0.717) is 25.3 Å². The van der Waals surface area contributed by atoms with Crippen LogP contribution in [-0.2, 0) is 6.54 Å². The summed E-state index contributed by atoms with van der Waals surface area (Å²) in [5.74, 6) is -0.213. The Morgan fingerprint density at radius 1 is 1.11 bits per heavy atom. The number of halogens is 1. The highest BCUT2D eigenvalue weighted by atomic mass is 19.1. The van der Waals surface area contributed by atoms with Gasteiger partial charge in [-0.2, -0.15) is 0 Å². The summed E-state index contributed by atoms with van der Waals surface area (Å²) in [5, 5.41) is 0. The number of anilines is 1. The third-order valence-electron chi connectivity index (χ3n) is 2.90. The van der Waals surface area contributed by atoms with Crippen molar-refractivity contribution >= 4 is 5.69 Å². The number of nitrogens with zero attached hydrogens (tertiary/aromatic N) is 2. The van der Waals surface area contributed by atoms with E-state index in [-0.39, 0.29) is 5.82 Å². The number of nitrogens with two attached hydrogens (primary N) is 1. The van der Waals surface area contributed by atoms with Crippen LogP contribution in [0.3, 0.4) is 0 Å². The molecule has 4 heteroatoms. The molecular formula is C15H18FN3. The van der Waals surface area contributed by atoms with Gasteiger partial charge in [0.25, 0.3) is 0 Å². The van der Waals surface area contributed by atoms with E-state index in [1.165, 1.54) is 6.07 Å². The Balaban J connectivity index is 2.19. The van der Waals surface area contributed by atoms with Crippen molar-refractivity contribution in [3.63, 3.8) is 0 Å². The van der Waals surface area contributed by atoms with Crippen LogP contribution in [0.25, 0.3) is 0 Å². The molecule has 0 saturated heterocycles. The van der Waals surface area contributed by atoms with Crippen LogP contribution >= 0.6 is 0 Å². The van der Waals surface area contributed by atoms with Gasteiger partial charge >= 0.3 is 0 Å². The number of pyridine rings is 1. The predicted molar refractivity (Wildman–Crippen MR) is 75.4 cm³/mol. The lowest BCUT2D eigenvalue weighted by molar-refractivity contribution is 0.611. The summed E-state index contributed by atoms with van der Waals surface area (Å²) in [6.45, 7) is 1.89. The van der Waals surface area contributed by atoms with Gasteiger partial charge in [-0.1, -0.05) is 18.2 Å². The molecule has 2 aromatic rings. The van der Waals surface area contributed by atoms with Crippen LogP contribution in [-0.4, -0.2) is 18.1 Å². The number of hydrogen-bond donors (Lipinski definition) is 1. The van der Waals surface area contributed by atoms with E-state index in [9.17, 15) is 4.39 Å². The maximum absolute atomic E-state index is 13.9.